The van der Waals surface area contributed by atoms with Crippen LogP contribution < -0.4 is 5.32 Å². The van der Waals surface area contributed by atoms with Crippen LogP contribution in [0.1, 0.15) is 23.9 Å². The maximum absolute atomic E-state index is 4.81. The molecule has 0 saturated heterocycles. The molecule has 5 heteroatoms. The van der Waals surface area contributed by atoms with E-state index in [4.69, 9.17) is 4.99 Å². The summed E-state index contributed by atoms with van der Waals surface area (Å²) >= 11 is 0. The van der Waals surface area contributed by atoms with Crippen molar-refractivity contribution in [3.63, 3.8) is 0 Å². The van der Waals surface area contributed by atoms with Gasteiger partial charge in [-0.2, -0.15) is 0 Å². The highest BCUT2D eigenvalue weighted by Crippen LogP contribution is 2.07. The lowest BCUT2D eigenvalue weighted by atomic mass is 10.2. The molecule has 146 valence electrons. The van der Waals surface area contributed by atoms with Gasteiger partial charge in [-0.15, -0.1) is 0 Å². The zero-order valence-electron chi connectivity index (χ0n) is 16.8. The van der Waals surface area contributed by atoms with Crippen LogP contribution >= 0.6 is 0 Å². The molecule has 0 amide bonds. The molecule has 28 heavy (non-hydrogen) atoms. The summed E-state index contributed by atoms with van der Waals surface area (Å²) in [4.78, 5) is 11.5. The molecule has 1 aromatic heterocycles. The first kappa shape index (κ1) is 19.7. The standard InChI is InChI=1S/C23H29N5/c1-3-24-23(27(2)18-20-10-6-4-7-11-20)26-15-14-22-25-16-17-28(22)19-21-12-8-5-9-13-21/h4-13,16-17H,3,14-15,18-19H2,1-2H3,(H,24,26). The van der Waals surface area contributed by atoms with Gasteiger partial charge in [-0.05, 0) is 18.1 Å². The van der Waals surface area contributed by atoms with Gasteiger partial charge in [0.05, 0.1) is 0 Å². The van der Waals surface area contributed by atoms with Crippen LogP contribution in [0.15, 0.2) is 78.0 Å². The predicted molar refractivity (Wildman–Crippen MR) is 115 cm³/mol. The van der Waals surface area contributed by atoms with Crippen molar-refractivity contribution in [2.24, 2.45) is 4.99 Å². The number of benzene rings is 2. The van der Waals surface area contributed by atoms with Crippen LogP contribution in [-0.2, 0) is 19.5 Å². The zero-order chi connectivity index (χ0) is 19.6. The van der Waals surface area contributed by atoms with Gasteiger partial charge >= 0.3 is 0 Å². The molecule has 0 radical (unpaired) electrons. The van der Waals surface area contributed by atoms with Gasteiger partial charge in [0.1, 0.15) is 5.82 Å². The number of aromatic nitrogens is 2. The molecule has 0 saturated carbocycles. The van der Waals surface area contributed by atoms with Gasteiger partial charge in [-0.25, -0.2) is 4.98 Å². The van der Waals surface area contributed by atoms with E-state index in [1.807, 2.05) is 24.5 Å². The molecule has 3 aromatic rings. The van der Waals surface area contributed by atoms with Crippen molar-refractivity contribution >= 4 is 5.96 Å². The zero-order valence-corrected chi connectivity index (χ0v) is 16.8. The normalized spacial score (nSPS) is 11.4. The first-order valence-electron chi connectivity index (χ1n) is 9.83. The first-order valence-corrected chi connectivity index (χ1v) is 9.83. The second kappa shape index (κ2) is 10.3. The molecule has 0 aliphatic heterocycles. The summed E-state index contributed by atoms with van der Waals surface area (Å²) in [5.41, 5.74) is 2.55. The van der Waals surface area contributed by atoms with Crippen LogP contribution in [0.2, 0.25) is 0 Å². The first-order chi connectivity index (χ1) is 13.8. The van der Waals surface area contributed by atoms with E-state index in [1.165, 1.54) is 11.1 Å². The Morgan fingerprint density at radius 1 is 1.04 bits per heavy atom. The number of rotatable bonds is 8. The van der Waals surface area contributed by atoms with Crippen molar-refractivity contribution in [3.05, 3.63) is 90.0 Å². The number of aliphatic imine (C=N–C) groups is 1. The monoisotopic (exact) mass is 375 g/mol. The molecule has 2 aromatic carbocycles. The molecule has 1 N–H and O–H groups in total. The molecule has 0 fully saturated rings. The molecule has 3 rings (SSSR count). The van der Waals surface area contributed by atoms with Gasteiger partial charge in [-0.1, -0.05) is 60.7 Å². The van der Waals surface area contributed by atoms with Gasteiger partial charge in [0.15, 0.2) is 5.96 Å². The summed E-state index contributed by atoms with van der Waals surface area (Å²) in [5, 5.41) is 3.39. The topological polar surface area (TPSA) is 45.5 Å². The molecule has 0 spiro atoms. The number of nitrogens with zero attached hydrogens (tertiary/aromatic N) is 4. The van der Waals surface area contributed by atoms with Crippen LogP contribution in [0.25, 0.3) is 0 Å². The lowest BCUT2D eigenvalue weighted by Gasteiger charge is -2.22. The van der Waals surface area contributed by atoms with E-state index in [1.54, 1.807) is 0 Å². The average Bonchev–Trinajstić information content (AvgIpc) is 3.15. The molecule has 5 nitrogen and oxygen atoms in total. The molecule has 0 aliphatic rings. The molecule has 0 atom stereocenters. The van der Waals surface area contributed by atoms with Crippen LogP contribution in [-0.4, -0.2) is 40.5 Å². The highest BCUT2D eigenvalue weighted by molar-refractivity contribution is 5.79. The lowest BCUT2D eigenvalue weighted by Crippen LogP contribution is -2.38. The van der Waals surface area contributed by atoms with E-state index < -0.39 is 0 Å². The van der Waals surface area contributed by atoms with Gasteiger partial charge in [-0.3, -0.25) is 4.99 Å². The van der Waals surface area contributed by atoms with Crippen molar-refractivity contribution in [1.29, 1.82) is 0 Å². The minimum absolute atomic E-state index is 0.702. The number of nitrogens with one attached hydrogen (secondary N) is 1. The van der Waals surface area contributed by atoms with Crippen LogP contribution in [0.3, 0.4) is 0 Å². The third kappa shape index (κ3) is 5.71. The second-order valence-electron chi connectivity index (χ2n) is 6.78. The largest absolute Gasteiger partial charge is 0.357 e. The Kier molecular flexibility index (Phi) is 7.24. The average molecular weight is 376 g/mol. The van der Waals surface area contributed by atoms with E-state index in [2.05, 4.69) is 82.3 Å². The van der Waals surface area contributed by atoms with Gasteiger partial charge in [0.2, 0.25) is 0 Å². The fraction of sp³-hybridized carbons (Fsp3) is 0.304. The Balaban J connectivity index is 1.60. The van der Waals surface area contributed by atoms with Crippen LogP contribution in [0.5, 0.6) is 0 Å². The molecule has 0 bridgehead atoms. The minimum atomic E-state index is 0.702. The van der Waals surface area contributed by atoms with Gasteiger partial charge < -0.3 is 14.8 Å². The van der Waals surface area contributed by atoms with Gasteiger partial charge in [0, 0.05) is 52.0 Å². The van der Waals surface area contributed by atoms with Gasteiger partial charge in [0.25, 0.3) is 0 Å². The highest BCUT2D eigenvalue weighted by atomic mass is 15.3. The number of hydrogen-bond donors (Lipinski definition) is 1. The van der Waals surface area contributed by atoms with E-state index >= 15 is 0 Å². The fourth-order valence-electron chi connectivity index (χ4n) is 3.16. The number of hydrogen-bond acceptors (Lipinski definition) is 2. The maximum atomic E-state index is 4.81. The lowest BCUT2D eigenvalue weighted by molar-refractivity contribution is 0.476. The van der Waals surface area contributed by atoms with Crippen LogP contribution in [0.4, 0.5) is 0 Å². The van der Waals surface area contributed by atoms with E-state index in [0.717, 1.165) is 37.8 Å². The van der Waals surface area contributed by atoms with Crippen molar-refractivity contribution in [2.75, 3.05) is 20.1 Å². The van der Waals surface area contributed by atoms with Crippen molar-refractivity contribution < 1.29 is 0 Å². The SMILES string of the molecule is CCNC(=NCCc1nccn1Cc1ccccc1)N(C)Cc1ccccc1. The van der Waals surface area contributed by atoms with E-state index in [-0.39, 0.29) is 0 Å². The summed E-state index contributed by atoms with van der Waals surface area (Å²) in [6, 6.07) is 20.9. The van der Waals surface area contributed by atoms with E-state index in [9.17, 15) is 0 Å². The Morgan fingerprint density at radius 2 is 1.71 bits per heavy atom. The highest BCUT2D eigenvalue weighted by Gasteiger charge is 2.07. The number of imidazole rings is 1. The number of guanidine groups is 1. The molecule has 1 heterocycles. The Morgan fingerprint density at radius 3 is 2.39 bits per heavy atom. The summed E-state index contributed by atoms with van der Waals surface area (Å²) in [7, 11) is 2.07. The molecular weight excluding hydrogens is 346 g/mol. The van der Waals surface area contributed by atoms with Crippen molar-refractivity contribution in [2.45, 2.75) is 26.4 Å². The smallest absolute Gasteiger partial charge is 0.193 e. The quantitative estimate of drug-likeness (QED) is 0.484. The molecule has 0 aliphatic carbocycles. The Hall–Kier alpha value is -3.08. The summed E-state index contributed by atoms with van der Waals surface area (Å²) in [6.45, 7) is 5.31. The van der Waals surface area contributed by atoms with Crippen molar-refractivity contribution in [1.82, 2.24) is 19.8 Å². The molecule has 0 unspecified atom stereocenters. The summed E-state index contributed by atoms with van der Waals surface area (Å²) < 4.78 is 2.20. The fourth-order valence-corrected chi connectivity index (χ4v) is 3.16. The molecular formula is C23H29N5. The summed E-state index contributed by atoms with van der Waals surface area (Å²) in [6.07, 6.45) is 4.72. The Bertz CT molecular complexity index is 855. The van der Waals surface area contributed by atoms with Crippen molar-refractivity contribution in [3.8, 4) is 0 Å². The van der Waals surface area contributed by atoms with E-state index in [0.29, 0.717) is 6.54 Å². The third-order valence-corrected chi connectivity index (χ3v) is 4.55. The Labute approximate surface area is 167 Å². The minimum Gasteiger partial charge on any atom is -0.357 e. The maximum Gasteiger partial charge on any atom is 0.193 e. The third-order valence-electron chi connectivity index (χ3n) is 4.55. The second-order valence-corrected chi connectivity index (χ2v) is 6.78. The predicted octanol–water partition coefficient (Wildman–Crippen LogP) is 3.57. The summed E-state index contributed by atoms with van der Waals surface area (Å²) in [5.74, 6) is 1.99. The van der Waals surface area contributed by atoms with Crippen LogP contribution in [0, 0.1) is 0 Å².